The first kappa shape index (κ1) is 23.2. The summed E-state index contributed by atoms with van der Waals surface area (Å²) in [5, 5.41) is 11.4. The summed E-state index contributed by atoms with van der Waals surface area (Å²) < 4.78 is 33.5. The predicted molar refractivity (Wildman–Crippen MR) is 128 cm³/mol. The average molecular weight is 482 g/mol. The van der Waals surface area contributed by atoms with Crippen LogP contribution in [0.5, 0.6) is 5.75 Å². The Balaban J connectivity index is 1.75. The van der Waals surface area contributed by atoms with Crippen LogP contribution in [0.4, 0.5) is 17.1 Å². The van der Waals surface area contributed by atoms with Crippen molar-refractivity contribution >= 4 is 33.0 Å². The molecule has 10 heteroatoms. The number of hydrogen-bond acceptors (Lipinski definition) is 6. The molecule has 0 saturated carbocycles. The number of aryl methyl sites for hydroxylation is 1. The van der Waals surface area contributed by atoms with Crippen molar-refractivity contribution in [3.05, 3.63) is 88.0 Å². The Morgan fingerprint density at radius 1 is 1.12 bits per heavy atom. The fourth-order valence-electron chi connectivity index (χ4n) is 3.94. The van der Waals surface area contributed by atoms with Gasteiger partial charge in [-0.3, -0.25) is 19.2 Å². The van der Waals surface area contributed by atoms with Gasteiger partial charge in [0.15, 0.2) is 0 Å². The molecule has 1 amide bonds. The number of para-hydroxylation sites is 1. The summed E-state index contributed by atoms with van der Waals surface area (Å²) in [4.78, 5) is 25.4. The van der Waals surface area contributed by atoms with E-state index in [1.54, 1.807) is 17.0 Å². The van der Waals surface area contributed by atoms with Gasteiger partial charge in [0.25, 0.3) is 15.7 Å². The van der Waals surface area contributed by atoms with Gasteiger partial charge in [-0.25, -0.2) is 8.42 Å². The van der Waals surface area contributed by atoms with E-state index in [2.05, 4.69) is 0 Å². The average Bonchev–Trinajstić information content (AvgIpc) is 3.27. The van der Waals surface area contributed by atoms with E-state index < -0.39 is 27.4 Å². The second-order valence-corrected chi connectivity index (χ2v) is 9.70. The molecule has 0 N–H and O–H groups in total. The van der Waals surface area contributed by atoms with Crippen molar-refractivity contribution in [1.82, 2.24) is 0 Å². The second kappa shape index (κ2) is 9.14. The highest BCUT2D eigenvalue weighted by Gasteiger charge is 2.32. The molecule has 1 aliphatic heterocycles. The normalized spacial score (nSPS) is 12.8. The number of rotatable bonds is 7. The number of nitro benzene ring substituents is 1. The zero-order valence-electron chi connectivity index (χ0n) is 18.7. The van der Waals surface area contributed by atoms with E-state index in [4.69, 9.17) is 4.74 Å². The topological polar surface area (TPSA) is 110 Å². The van der Waals surface area contributed by atoms with Crippen LogP contribution in [0.25, 0.3) is 0 Å². The first-order valence-corrected chi connectivity index (χ1v) is 12.0. The van der Waals surface area contributed by atoms with E-state index in [9.17, 15) is 23.3 Å². The van der Waals surface area contributed by atoms with Crippen LogP contribution in [0.3, 0.4) is 0 Å². The number of anilines is 2. The highest BCUT2D eigenvalue weighted by molar-refractivity contribution is 7.92. The van der Waals surface area contributed by atoms with E-state index in [0.717, 1.165) is 21.6 Å². The number of amides is 1. The third kappa shape index (κ3) is 4.32. The maximum Gasteiger partial charge on any atom is 0.273 e. The quantitative estimate of drug-likeness (QED) is 0.376. The van der Waals surface area contributed by atoms with Crippen LogP contribution >= 0.6 is 0 Å². The maximum absolute atomic E-state index is 13.7. The van der Waals surface area contributed by atoms with Crippen LogP contribution < -0.4 is 13.9 Å². The summed E-state index contributed by atoms with van der Waals surface area (Å²) in [6.45, 7) is 1.51. The van der Waals surface area contributed by atoms with E-state index in [1.165, 1.54) is 38.3 Å². The number of nitrogens with zero attached hydrogens (tertiary/aromatic N) is 3. The van der Waals surface area contributed by atoms with Gasteiger partial charge in [-0.2, -0.15) is 0 Å². The molecule has 9 nitrogen and oxygen atoms in total. The standard InChI is InChI=1S/C24H23N3O6S/c1-17-7-12-21(15-23(17)27(29)30)34(31,32)26(19-8-10-20(33-2)11-9-19)16-24(28)25-14-13-18-5-3-4-6-22(18)25/h3-12,15H,13-14,16H2,1-2H3. The van der Waals surface area contributed by atoms with Crippen LogP contribution in [-0.4, -0.2) is 39.4 Å². The molecule has 0 atom stereocenters. The Bertz CT molecular complexity index is 1360. The molecule has 0 spiro atoms. The number of benzene rings is 3. The molecular formula is C24H23N3O6S. The molecule has 0 fully saturated rings. The summed E-state index contributed by atoms with van der Waals surface area (Å²) in [6, 6.07) is 17.4. The largest absolute Gasteiger partial charge is 0.497 e. The molecular weight excluding hydrogens is 458 g/mol. The van der Waals surface area contributed by atoms with E-state index in [-0.39, 0.29) is 16.3 Å². The van der Waals surface area contributed by atoms with Crippen LogP contribution in [0.2, 0.25) is 0 Å². The van der Waals surface area contributed by atoms with E-state index in [0.29, 0.717) is 24.3 Å². The molecule has 1 heterocycles. The van der Waals surface area contributed by atoms with Gasteiger partial charge < -0.3 is 9.64 Å². The van der Waals surface area contributed by atoms with Gasteiger partial charge in [0.05, 0.1) is 22.6 Å². The van der Waals surface area contributed by atoms with Crippen molar-refractivity contribution in [3.63, 3.8) is 0 Å². The fraction of sp³-hybridized carbons (Fsp3) is 0.208. The minimum Gasteiger partial charge on any atom is -0.497 e. The summed E-state index contributed by atoms with van der Waals surface area (Å²) in [7, 11) is -2.82. The van der Waals surface area contributed by atoms with Crippen LogP contribution in [0.1, 0.15) is 11.1 Å². The SMILES string of the molecule is COc1ccc(N(CC(=O)N2CCc3ccccc32)S(=O)(=O)c2ccc(C)c([N+](=O)[O-])c2)cc1. The smallest absolute Gasteiger partial charge is 0.273 e. The predicted octanol–water partition coefficient (Wildman–Crippen LogP) is 3.70. The number of carbonyl (C=O) groups excluding carboxylic acids is 1. The lowest BCUT2D eigenvalue weighted by Gasteiger charge is -2.27. The number of carbonyl (C=O) groups is 1. The van der Waals surface area contributed by atoms with Crippen LogP contribution in [0, 0.1) is 17.0 Å². The first-order valence-electron chi connectivity index (χ1n) is 10.5. The summed E-state index contributed by atoms with van der Waals surface area (Å²) in [6.07, 6.45) is 0.682. The highest BCUT2D eigenvalue weighted by atomic mass is 32.2. The van der Waals surface area contributed by atoms with Gasteiger partial charge in [-0.1, -0.05) is 24.3 Å². The molecule has 3 aromatic carbocycles. The van der Waals surface area contributed by atoms with Crippen molar-refractivity contribution < 1.29 is 22.9 Å². The highest BCUT2D eigenvalue weighted by Crippen LogP contribution is 2.31. The number of hydrogen-bond donors (Lipinski definition) is 0. The monoisotopic (exact) mass is 481 g/mol. The van der Waals surface area contributed by atoms with Crippen molar-refractivity contribution in [2.75, 3.05) is 29.4 Å². The van der Waals surface area contributed by atoms with Gasteiger partial charge in [-0.05, 0) is 55.3 Å². The molecule has 0 saturated heterocycles. The molecule has 0 aromatic heterocycles. The lowest BCUT2D eigenvalue weighted by Crippen LogP contribution is -2.42. The summed E-state index contributed by atoms with van der Waals surface area (Å²) in [5.74, 6) is 0.123. The zero-order chi connectivity index (χ0) is 24.5. The molecule has 4 rings (SSSR count). The molecule has 0 bridgehead atoms. The maximum atomic E-state index is 13.7. The molecule has 1 aliphatic rings. The van der Waals surface area contributed by atoms with Crippen molar-refractivity contribution in [1.29, 1.82) is 0 Å². The van der Waals surface area contributed by atoms with Crippen molar-refractivity contribution in [3.8, 4) is 5.75 Å². The molecule has 3 aromatic rings. The Labute approximate surface area is 197 Å². The van der Waals surface area contributed by atoms with E-state index >= 15 is 0 Å². The third-order valence-corrected chi connectivity index (χ3v) is 7.56. The minimum absolute atomic E-state index is 0.241. The summed E-state index contributed by atoms with van der Waals surface area (Å²) in [5.41, 5.74) is 2.04. The zero-order valence-corrected chi connectivity index (χ0v) is 19.5. The Hall–Kier alpha value is -3.92. The third-order valence-electron chi connectivity index (χ3n) is 5.79. The number of ether oxygens (including phenoxy) is 1. The number of nitro groups is 1. The van der Waals surface area contributed by atoms with Crippen molar-refractivity contribution in [2.24, 2.45) is 0 Å². The van der Waals surface area contributed by atoms with Crippen LogP contribution in [0.15, 0.2) is 71.6 Å². The second-order valence-electron chi connectivity index (χ2n) is 7.84. The fourth-order valence-corrected chi connectivity index (χ4v) is 5.38. The molecule has 34 heavy (non-hydrogen) atoms. The van der Waals surface area contributed by atoms with Gasteiger partial charge in [0, 0.05) is 23.9 Å². The van der Waals surface area contributed by atoms with E-state index in [1.807, 2.05) is 24.3 Å². The summed E-state index contributed by atoms with van der Waals surface area (Å²) >= 11 is 0. The van der Waals surface area contributed by atoms with Gasteiger partial charge >= 0.3 is 0 Å². The number of fused-ring (bicyclic) bond motifs is 1. The van der Waals surface area contributed by atoms with Gasteiger partial charge in [-0.15, -0.1) is 0 Å². The number of methoxy groups -OCH3 is 1. The molecule has 176 valence electrons. The first-order chi connectivity index (χ1) is 16.2. The molecule has 0 unspecified atom stereocenters. The molecule has 0 aliphatic carbocycles. The Morgan fingerprint density at radius 2 is 1.82 bits per heavy atom. The van der Waals surface area contributed by atoms with Crippen LogP contribution in [-0.2, 0) is 21.2 Å². The molecule has 0 radical (unpaired) electrons. The van der Waals surface area contributed by atoms with Crippen molar-refractivity contribution in [2.45, 2.75) is 18.2 Å². The van der Waals surface area contributed by atoms with Gasteiger partial charge in [0.2, 0.25) is 5.91 Å². The Morgan fingerprint density at radius 3 is 2.50 bits per heavy atom. The van der Waals surface area contributed by atoms with Gasteiger partial charge in [0.1, 0.15) is 12.3 Å². The lowest BCUT2D eigenvalue weighted by molar-refractivity contribution is -0.385. The lowest BCUT2D eigenvalue weighted by atomic mass is 10.2. The Kier molecular flexibility index (Phi) is 6.25. The minimum atomic E-state index is -4.31. The number of sulfonamides is 1.